The van der Waals surface area contributed by atoms with Crippen LogP contribution in [0.2, 0.25) is 0 Å². The molecular formula is C22H22FNO3. The second-order valence-corrected chi connectivity index (χ2v) is 6.13. The Bertz CT molecular complexity index is 831. The summed E-state index contributed by atoms with van der Waals surface area (Å²) >= 11 is 0. The van der Waals surface area contributed by atoms with Crippen molar-refractivity contribution in [3.8, 4) is 18.1 Å². The molecule has 27 heavy (non-hydrogen) atoms. The topological polar surface area (TPSA) is 55.4 Å². The van der Waals surface area contributed by atoms with Crippen molar-refractivity contribution in [2.45, 2.75) is 32.2 Å². The third kappa shape index (κ3) is 5.18. The number of amides is 1. The van der Waals surface area contributed by atoms with Crippen LogP contribution in [0, 0.1) is 18.2 Å². The molecule has 0 saturated heterocycles. The van der Waals surface area contributed by atoms with E-state index >= 15 is 0 Å². The zero-order valence-corrected chi connectivity index (χ0v) is 15.4. The van der Waals surface area contributed by atoms with E-state index < -0.39 is 11.4 Å². The maximum absolute atomic E-state index is 13.0. The standard InChI is InChI=1S/C22H22FNO3/c1-4-22(5-2,6-3)24-20(25)15-27-19-13-9-17(10-14-19)21(26)16-7-11-18(23)12-8-16/h1,7-14H,5-6,15H2,2-3H3,(H,24,25). The van der Waals surface area contributed by atoms with Crippen LogP contribution < -0.4 is 10.1 Å². The minimum absolute atomic E-state index is 0.172. The van der Waals surface area contributed by atoms with Crippen molar-refractivity contribution in [1.82, 2.24) is 5.32 Å². The van der Waals surface area contributed by atoms with Gasteiger partial charge in [-0.15, -0.1) is 6.42 Å². The van der Waals surface area contributed by atoms with E-state index in [4.69, 9.17) is 11.2 Å². The normalized spacial score (nSPS) is 10.7. The van der Waals surface area contributed by atoms with Gasteiger partial charge in [-0.05, 0) is 61.4 Å². The van der Waals surface area contributed by atoms with Crippen LogP contribution in [0.5, 0.6) is 5.75 Å². The number of nitrogens with one attached hydrogen (secondary N) is 1. The summed E-state index contributed by atoms with van der Waals surface area (Å²) < 4.78 is 18.4. The summed E-state index contributed by atoms with van der Waals surface area (Å²) in [5.41, 5.74) is 0.183. The van der Waals surface area contributed by atoms with E-state index in [1.807, 2.05) is 13.8 Å². The number of benzene rings is 2. The summed E-state index contributed by atoms with van der Waals surface area (Å²) in [6.45, 7) is 3.66. The number of carbonyl (C=O) groups is 2. The summed E-state index contributed by atoms with van der Waals surface area (Å²) in [6, 6.07) is 11.8. The first kappa shape index (κ1) is 20.2. The highest BCUT2D eigenvalue weighted by Gasteiger charge is 2.25. The molecule has 0 aromatic heterocycles. The number of ether oxygens (including phenoxy) is 1. The van der Waals surface area contributed by atoms with Crippen molar-refractivity contribution in [2.75, 3.05) is 6.61 Å². The van der Waals surface area contributed by atoms with Gasteiger partial charge in [-0.3, -0.25) is 9.59 Å². The molecule has 2 rings (SSSR count). The van der Waals surface area contributed by atoms with Crippen molar-refractivity contribution >= 4 is 11.7 Å². The summed E-state index contributed by atoms with van der Waals surface area (Å²) in [6.07, 6.45) is 6.79. The second-order valence-electron chi connectivity index (χ2n) is 6.13. The molecule has 0 heterocycles. The molecule has 140 valence electrons. The van der Waals surface area contributed by atoms with E-state index in [0.717, 1.165) is 0 Å². The Balaban J connectivity index is 1.96. The molecule has 4 nitrogen and oxygen atoms in total. The summed E-state index contributed by atoms with van der Waals surface area (Å²) in [5.74, 6) is 2.18. The second kappa shape index (κ2) is 9.00. The fourth-order valence-corrected chi connectivity index (χ4v) is 2.59. The predicted molar refractivity (Wildman–Crippen MR) is 102 cm³/mol. The summed E-state index contributed by atoms with van der Waals surface area (Å²) in [7, 11) is 0. The zero-order valence-electron chi connectivity index (χ0n) is 15.4. The van der Waals surface area contributed by atoms with Crippen molar-refractivity contribution in [1.29, 1.82) is 0 Å². The smallest absolute Gasteiger partial charge is 0.259 e. The van der Waals surface area contributed by atoms with Crippen molar-refractivity contribution in [3.63, 3.8) is 0 Å². The molecular weight excluding hydrogens is 345 g/mol. The van der Waals surface area contributed by atoms with E-state index in [0.29, 0.717) is 29.7 Å². The average Bonchev–Trinajstić information content (AvgIpc) is 2.71. The quantitative estimate of drug-likeness (QED) is 0.571. The van der Waals surface area contributed by atoms with E-state index in [1.54, 1.807) is 24.3 Å². The number of carbonyl (C=O) groups excluding carboxylic acids is 2. The average molecular weight is 367 g/mol. The van der Waals surface area contributed by atoms with Gasteiger partial charge >= 0.3 is 0 Å². The van der Waals surface area contributed by atoms with Crippen LogP contribution in [0.3, 0.4) is 0 Å². The molecule has 1 N–H and O–H groups in total. The van der Waals surface area contributed by atoms with Crippen LogP contribution in [0.25, 0.3) is 0 Å². The highest BCUT2D eigenvalue weighted by atomic mass is 19.1. The number of halogens is 1. The molecule has 2 aromatic carbocycles. The van der Waals surface area contributed by atoms with Crippen LogP contribution in [0.1, 0.15) is 42.6 Å². The predicted octanol–water partition coefficient (Wildman–Crippen LogP) is 3.74. The molecule has 0 fully saturated rings. The van der Waals surface area contributed by atoms with Gasteiger partial charge in [-0.1, -0.05) is 19.8 Å². The Kier molecular flexibility index (Phi) is 6.73. The van der Waals surface area contributed by atoms with Crippen LogP contribution in [0.4, 0.5) is 4.39 Å². The van der Waals surface area contributed by atoms with E-state index in [2.05, 4.69) is 11.2 Å². The fourth-order valence-electron chi connectivity index (χ4n) is 2.59. The van der Waals surface area contributed by atoms with Gasteiger partial charge in [0.15, 0.2) is 12.4 Å². The molecule has 0 aliphatic rings. The van der Waals surface area contributed by atoms with E-state index in [-0.39, 0.29) is 18.3 Å². The Morgan fingerprint density at radius 3 is 2.04 bits per heavy atom. The zero-order chi connectivity index (χ0) is 19.9. The summed E-state index contributed by atoms with van der Waals surface area (Å²) in [5, 5.41) is 2.82. The molecule has 2 aromatic rings. The third-order valence-corrected chi connectivity index (χ3v) is 4.45. The van der Waals surface area contributed by atoms with Gasteiger partial charge in [0.2, 0.25) is 0 Å². The van der Waals surface area contributed by atoms with Crippen LogP contribution >= 0.6 is 0 Å². The van der Waals surface area contributed by atoms with E-state index in [1.165, 1.54) is 24.3 Å². The van der Waals surface area contributed by atoms with Crippen molar-refractivity contribution in [3.05, 3.63) is 65.5 Å². The Hall–Kier alpha value is -3.13. The van der Waals surface area contributed by atoms with Gasteiger partial charge in [-0.2, -0.15) is 0 Å². The van der Waals surface area contributed by atoms with Gasteiger partial charge < -0.3 is 10.1 Å². The van der Waals surface area contributed by atoms with Gasteiger partial charge in [-0.25, -0.2) is 4.39 Å². The van der Waals surface area contributed by atoms with Gasteiger partial charge in [0.25, 0.3) is 5.91 Å². The SMILES string of the molecule is C#CC(CC)(CC)NC(=O)COc1ccc(C(=O)c2ccc(F)cc2)cc1. The minimum Gasteiger partial charge on any atom is -0.484 e. The van der Waals surface area contributed by atoms with Crippen LogP contribution in [-0.4, -0.2) is 23.8 Å². The first-order valence-electron chi connectivity index (χ1n) is 8.75. The molecule has 5 heteroatoms. The first-order valence-corrected chi connectivity index (χ1v) is 8.75. The lowest BCUT2D eigenvalue weighted by Crippen LogP contribution is -2.48. The van der Waals surface area contributed by atoms with Crippen molar-refractivity contribution in [2.24, 2.45) is 0 Å². The lowest BCUT2D eigenvalue weighted by atomic mass is 9.94. The number of ketones is 1. The molecule has 1 amide bonds. The van der Waals surface area contributed by atoms with Crippen LogP contribution in [0.15, 0.2) is 48.5 Å². The Morgan fingerprint density at radius 2 is 1.56 bits per heavy atom. The monoisotopic (exact) mass is 367 g/mol. The molecule has 0 bridgehead atoms. The Morgan fingerprint density at radius 1 is 1.04 bits per heavy atom. The summed E-state index contributed by atoms with van der Waals surface area (Å²) in [4.78, 5) is 24.4. The van der Waals surface area contributed by atoms with Gasteiger partial charge in [0.05, 0.1) is 0 Å². The minimum atomic E-state index is -0.661. The highest BCUT2D eigenvalue weighted by molar-refractivity contribution is 6.09. The molecule has 0 spiro atoms. The molecule has 0 aliphatic heterocycles. The lowest BCUT2D eigenvalue weighted by Gasteiger charge is -2.26. The molecule has 0 atom stereocenters. The maximum Gasteiger partial charge on any atom is 0.259 e. The number of hydrogen-bond acceptors (Lipinski definition) is 3. The number of rotatable bonds is 8. The number of hydrogen-bond donors (Lipinski definition) is 1. The molecule has 0 unspecified atom stereocenters. The van der Waals surface area contributed by atoms with E-state index in [9.17, 15) is 14.0 Å². The Labute approximate surface area is 158 Å². The van der Waals surface area contributed by atoms with Crippen LogP contribution in [-0.2, 0) is 4.79 Å². The molecule has 0 aliphatic carbocycles. The first-order chi connectivity index (χ1) is 12.9. The lowest BCUT2D eigenvalue weighted by molar-refractivity contribution is -0.124. The largest absolute Gasteiger partial charge is 0.484 e. The highest BCUT2D eigenvalue weighted by Crippen LogP contribution is 2.17. The van der Waals surface area contributed by atoms with Gasteiger partial charge in [0, 0.05) is 11.1 Å². The molecule has 0 radical (unpaired) electrons. The van der Waals surface area contributed by atoms with Crippen molar-refractivity contribution < 1.29 is 18.7 Å². The fraction of sp³-hybridized carbons (Fsp3) is 0.273. The molecule has 0 saturated carbocycles. The maximum atomic E-state index is 13.0. The van der Waals surface area contributed by atoms with Gasteiger partial charge in [0.1, 0.15) is 17.1 Å². The third-order valence-electron chi connectivity index (χ3n) is 4.45. The number of terminal acetylenes is 1.